The number of benzene rings is 1. The van der Waals surface area contributed by atoms with E-state index in [4.69, 9.17) is 10.5 Å². The van der Waals surface area contributed by atoms with Gasteiger partial charge in [-0.25, -0.2) is 0 Å². The third kappa shape index (κ3) is 2.45. The molecular weight excluding hydrogens is 214 g/mol. The molecule has 0 fully saturated rings. The largest absolute Gasteiger partial charge is 0.493 e. The van der Waals surface area contributed by atoms with Gasteiger partial charge in [0.05, 0.1) is 12.7 Å². The van der Waals surface area contributed by atoms with Crippen molar-refractivity contribution in [3.63, 3.8) is 0 Å². The minimum Gasteiger partial charge on any atom is -0.493 e. The quantitative estimate of drug-likeness (QED) is 0.724. The molecule has 0 aromatic heterocycles. The molecule has 94 valence electrons. The smallest absolute Gasteiger partial charge is 0.125 e. The van der Waals surface area contributed by atoms with Crippen molar-refractivity contribution in [1.29, 1.82) is 0 Å². The number of fused-ring (bicyclic) bond motifs is 1. The number of hydrogen-bond acceptors (Lipinski definition) is 3. The highest BCUT2D eigenvalue weighted by Gasteiger charge is 2.26. The van der Waals surface area contributed by atoms with Crippen molar-refractivity contribution in [3.05, 3.63) is 29.3 Å². The van der Waals surface area contributed by atoms with Crippen LogP contribution in [0.25, 0.3) is 0 Å². The Balaban J connectivity index is 2.46. The second kappa shape index (κ2) is 4.31. The topological polar surface area (TPSA) is 55.5 Å². The Labute approximate surface area is 103 Å². The van der Waals surface area contributed by atoms with Gasteiger partial charge < -0.3 is 15.6 Å². The first-order valence-electron chi connectivity index (χ1n) is 6.10. The molecule has 0 saturated heterocycles. The van der Waals surface area contributed by atoms with Crippen LogP contribution in [0.3, 0.4) is 0 Å². The van der Waals surface area contributed by atoms with Gasteiger partial charge in [-0.15, -0.1) is 0 Å². The summed E-state index contributed by atoms with van der Waals surface area (Å²) in [6.45, 7) is 7.02. The van der Waals surface area contributed by atoms with Gasteiger partial charge in [-0.3, -0.25) is 0 Å². The maximum Gasteiger partial charge on any atom is 0.125 e. The molecule has 1 aliphatic rings. The average molecular weight is 235 g/mol. The molecule has 1 aromatic rings. The van der Waals surface area contributed by atoms with Crippen LogP contribution in [-0.2, 0) is 5.41 Å². The highest BCUT2D eigenvalue weighted by Crippen LogP contribution is 2.34. The van der Waals surface area contributed by atoms with E-state index in [-0.39, 0.29) is 11.5 Å². The van der Waals surface area contributed by atoms with Gasteiger partial charge in [-0.05, 0) is 29.5 Å². The van der Waals surface area contributed by atoms with E-state index >= 15 is 0 Å². The average Bonchev–Trinajstić information content (AvgIpc) is 2.39. The zero-order chi connectivity index (χ0) is 12.6. The van der Waals surface area contributed by atoms with Gasteiger partial charge in [-0.1, -0.05) is 26.8 Å². The second-order valence-corrected chi connectivity index (χ2v) is 5.75. The van der Waals surface area contributed by atoms with E-state index in [1.807, 2.05) is 12.1 Å². The van der Waals surface area contributed by atoms with Crippen LogP contribution in [0.4, 0.5) is 0 Å². The lowest BCUT2D eigenvalue weighted by atomic mass is 9.85. The summed E-state index contributed by atoms with van der Waals surface area (Å²) in [5.41, 5.74) is 7.99. The summed E-state index contributed by atoms with van der Waals surface area (Å²) >= 11 is 0. The van der Waals surface area contributed by atoms with Crippen molar-refractivity contribution in [2.45, 2.75) is 44.8 Å². The Bertz CT molecular complexity index is 409. The Morgan fingerprint density at radius 3 is 2.71 bits per heavy atom. The molecule has 0 saturated carbocycles. The Hall–Kier alpha value is -1.06. The van der Waals surface area contributed by atoms with Crippen LogP contribution in [0.2, 0.25) is 0 Å². The first kappa shape index (κ1) is 12.4. The fourth-order valence-corrected chi connectivity index (χ4v) is 2.07. The Morgan fingerprint density at radius 1 is 1.35 bits per heavy atom. The van der Waals surface area contributed by atoms with Crippen LogP contribution in [0, 0.1) is 0 Å². The van der Waals surface area contributed by atoms with Crippen LogP contribution in [-0.4, -0.2) is 17.8 Å². The monoisotopic (exact) mass is 235 g/mol. The molecule has 1 aliphatic heterocycles. The standard InChI is InChI=1S/C14H21NO2/c1-14(2,3)9-4-5-12-10(8-9)13(16)11(15)6-7-17-12/h4-5,8,11,13,16H,6-7,15H2,1-3H3/t11-,13+/m0/s1. The summed E-state index contributed by atoms with van der Waals surface area (Å²) in [6.07, 6.45) is 0.0514. The molecule has 2 atom stereocenters. The normalized spacial score (nSPS) is 24.8. The van der Waals surface area contributed by atoms with Crippen LogP contribution in [0.15, 0.2) is 18.2 Å². The summed E-state index contributed by atoms with van der Waals surface area (Å²) in [5.74, 6) is 0.762. The summed E-state index contributed by atoms with van der Waals surface area (Å²) in [6, 6.07) is 5.77. The van der Waals surface area contributed by atoms with Gasteiger partial charge in [0.15, 0.2) is 0 Å². The van der Waals surface area contributed by atoms with Crippen LogP contribution < -0.4 is 10.5 Å². The van der Waals surface area contributed by atoms with Crippen molar-refractivity contribution < 1.29 is 9.84 Å². The highest BCUT2D eigenvalue weighted by atomic mass is 16.5. The van der Waals surface area contributed by atoms with Crippen molar-refractivity contribution in [2.75, 3.05) is 6.61 Å². The molecule has 17 heavy (non-hydrogen) atoms. The van der Waals surface area contributed by atoms with Gasteiger partial charge in [-0.2, -0.15) is 0 Å². The minimum atomic E-state index is -0.630. The number of ether oxygens (including phenoxy) is 1. The van der Waals surface area contributed by atoms with Crippen molar-refractivity contribution >= 4 is 0 Å². The van der Waals surface area contributed by atoms with Crippen LogP contribution in [0.1, 0.15) is 44.4 Å². The summed E-state index contributed by atoms with van der Waals surface area (Å²) in [5, 5.41) is 10.2. The first-order chi connectivity index (χ1) is 7.89. The second-order valence-electron chi connectivity index (χ2n) is 5.75. The lowest BCUT2D eigenvalue weighted by Gasteiger charge is -2.22. The summed E-state index contributed by atoms with van der Waals surface area (Å²) < 4.78 is 5.62. The minimum absolute atomic E-state index is 0.0607. The van der Waals surface area contributed by atoms with Crippen molar-refractivity contribution in [3.8, 4) is 5.75 Å². The molecule has 3 heteroatoms. The molecule has 1 heterocycles. The van der Waals surface area contributed by atoms with E-state index in [0.29, 0.717) is 13.0 Å². The van der Waals surface area contributed by atoms with E-state index in [2.05, 4.69) is 26.8 Å². The first-order valence-corrected chi connectivity index (χ1v) is 6.10. The molecule has 3 N–H and O–H groups in total. The molecule has 0 amide bonds. The van der Waals surface area contributed by atoms with Gasteiger partial charge in [0.1, 0.15) is 5.75 Å². The predicted octanol–water partition coefficient (Wildman–Crippen LogP) is 2.13. The zero-order valence-corrected chi connectivity index (χ0v) is 10.7. The van der Waals surface area contributed by atoms with Gasteiger partial charge in [0.2, 0.25) is 0 Å². The molecular formula is C14H21NO2. The van der Waals surface area contributed by atoms with E-state index in [1.54, 1.807) is 0 Å². The third-order valence-electron chi connectivity index (χ3n) is 3.31. The molecule has 2 rings (SSSR count). The van der Waals surface area contributed by atoms with Crippen LogP contribution in [0.5, 0.6) is 5.75 Å². The van der Waals surface area contributed by atoms with E-state index in [1.165, 1.54) is 5.56 Å². The fraction of sp³-hybridized carbons (Fsp3) is 0.571. The zero-order valence-electron chi connectivity index (χ0n) is 10.7. The SMILES string of the molecule is CC(C)(C)c1ccc2c(c1)[C@@H](O)[C@@H](N)CCO2. The van der Waals surface area contributed by atoms with E-state index < -0.39 is 6.10 Å². The highest BCUT2D eigenvalue weighted by molar-refractivity contribution is 5.42. The number of aliphatic hydroxyl groups excluding tert-OH is 1. The molecule has 0 bridgehead atoms. The van der Waals surface area contributed by atoms with Crippen molar-refractivity contribution in [1.82, 2.24) is 0 Å². The van der Waals surface area contributed by atoms with E-state index in [9.17, 15) is 5.11 Å². The molecule has 0 radical (unpaired) electrons. The summed E-state index contributed by atoms with van der Waals surface area (Å²) in [4.78, 5) is 0. The van der Waals surface area contributed by atoms with Crippen LogP contribution >= 0.6 is 0 Å². The molecule has 0 aliphatic carbocycles. The Morgan fingerprint density at radius 2 is 2.06 bits per heavy atom. The third-order valence-corrected chi connectivity index (χ3v) is 3.31. The van der Waals surface area contributed by atoms with Crippen molar-refractivity contribution in [2.24, 2.45) is 5.73 Å². The molecule has 3 nitrogen and oxygen atoms in total. The maximum atomic E-state index is 10.2. The molecule has 0 spiro atoms. The number of aliphatic hydroxyl groups is 1. The number of rotatable bonds is 0. The Kier molecular flexibility index (Phi) is 3.15. The fourth-order valence-electron chi connectivity index (χ4n) is 2.07. The van der Waals surface area contributed by atoms with Gasteiger partial charge >= 0.3 is 0 Å². The van der Waals surface area contributed by atoms with Gasteiger partial charge in [0, 0.05) is 11.6 Å². The lowest BCUT2D eigenvalue weighted by Crippen LogP contribution is -2.28. The van der Waals surface area contributed by atoms with E-state index in [0.717, 1.165) is 11.3 Å². The maximum absolute atomic E-state index is 10.2. The van der Waals surface area contributed by atoms with Gasteiger partial charge in [0.25, 0.3) is 0 Å². The predicted molar refractivity (Wildman–Crippen MR) is 68.2 cm³/mol. The summed E-state index contributed by atoms with van der Waals surface area (Å²) in [7, 11) is 0. The lowest BCUT2D eigenvalue weighted by molar-refractivity contribution is 0.144. The molecule has 0 unspecified atom stereocenters. The molecule has 1 aromatic carbocycles. The number of hydrogen-bond donors (Lipinski definition) is 2. The number of nitrogens with two attached hydrogens (primary N) is 1.